The third kappa shape index (κ3) is 5.16. The van der Waals surface area contributed by atoms with Crippen LogP contribution in [0.1, 0.15) is 22.9 Å². The summed E-state index contributed by atoms with van der Waals surface area (Å²) in [6, 6.07) is 16.8. The second-order valence-electron chi connectivity index (χ2n) is 8.21. The van der Waals surface area contributed by atoms with Crippen LogP contribution >= 0.6 is 34.8 Å². The van der Waals surface area contributed by atoms with Crippen molar-refractivity contribution in [2.75, 3.05) is 10.6 Å². The normalized spacial score (nSPS) is 11.8. The van der Waals surface area contributed by atoms with E-state index in [-0.39, 0.29) is 10.6 Å². The molecule has 2 N–H and O–H groups in total. The lowest BCUT2D eigenvalue weighted by Gasteiger charge is -2.21. The molecule has 0 fully saturated rings. The first-order valence-electron chi connectivity index (χ1n) is 10.9. The summed E-state index contributed by atoms with van der Waals surface area (Å²) in [4.78, 5) is 4.55. The van der Waals surface area contributed by atoms with E-state index in [1.54, 1.807) is 36.0 Å². The van der Waals surface area contributed by atoms with Crippen molar-refractivity contribution in [2.24, 2.45) is 7.05 Å². The van der Waals surface area contributed by atoms with Crippen molar-refractivity contribution in [3.63, 3.8) is 0 Å². The Kier molecular flexibility index (Phi) is 6.85. The van der Waals surface area contributed by atoms with E-state index in [9.17, 15) is 9.65 Å². The van der Waals surface area contributed by atoms with Crippen LogP contribution in [0, 0.1) is 17.1 Å². The molecule has 0 aliphatic carbocycles. The standard InChI is InChI=1S/C26H17Cl3FN7/c1-37-13-23(35-36-37)25(14-2-4-16(27)5-3-14)34-22-9-17(28)8-19-24(15(11-31)12-32-26(19)22)33-18-6-7-21(30)20(29)10-18/h2-10,12-13,25,34H,1H3,(H,32,33). The van der Waals surface area contributed by atoms with Crippen LogP contribution in [0.5, 0.6) is 0 Å². The van der Waals surface area contributed by atoms with Crippen molar-refractivity contribution in [1.29, 1.82) is 5.26 Å². The molecule has 0 aliphatic rings. The third-order valence-electron chi connectivity index (χ3n) is 5.66. The van der Waals surface area contributed by atoms with E-state index in [0.717, 1.165) is 5.56 Å². The Labute approximate surface area is 226 Å². The van der Waals surface area contributed by atoms with Gasteiger partial charge in [-0.15, -0.1) is 5.10 Å². The van der Waals surface area contributed by atoms with E-state index in [0.29, 0.717) is 43.7 Å². The number of aromatic nitrogens is 4. The number of anilines is 3. The second-order valence-corrected chi connectivity index (χ2v) is 9.49. The predicted octanol–water partition coefficient (Wildman–Crippen LogP) is 7.28. The molecule has 0 saturated carbocycles. The number of nitriles is 1. The lowest BCUT2D eigenvalue weighted by atomic mass is 10.0. The highest BCUT2D eigenvalue weighted by Gasteiger charge is 2.21. The summed E-state index contributed by atoms with van der Waals surface area (Å²) < 4.78 is 15.3. The Morgan fingerprint density at radius 1 is 1.03 bits per heavy atom. The minimum atomic E-state index is -0.543. The molecule has 11 heteroatoms. The number of aryl methyl sites for hydroxylation is 1. The summed E-state index contributed by atoms with van der Waals surface area (Å²) in [6.07, 6.45) is 3.28. The van der Waals surface area contributed by atoms with Crippen LogP contribution in [0.4, 0.5) is 21.5 Å². The molecule has 0 bridgehead atoms. The van der Waals surface area contributed by atoms with Gasteiger partial charge in [-0.05, 0) is 48.0 Å². The molecule has 2 aromatic heterocycles. The van der Waals surface area contributed by atoms with E-state index in [1.165, 1.54) is 24.4 Å². The summed E-state index contributed by atoms with van der Waals surface area (Å²) >= 11 is 18.6. The van der Waals surface area contributed by atoms with Crippen LogP contribution < -0.4 is 10.6 Å². The van der Waals surface area contributed by atoms with Crippen LogP contribution in [-0.2, 0) is 7.05 Å². The van der Waals surface area contributed by atoms with Gasteiger partial charge in [-0.2, -0.15) is 5.26 Å². The zero-order chi connectivity index (χ0) is 26.1. The van der Waals surface area contributed by atoms with Crippen LogP contribution in [0.3, 0.4) is 0 Å². The Balaban J connectivity index is 1.64. The van der Waals surface area contributed by atoms with Gasteiger partial charge < -0.3 is 10.6 Å². The fraction of sp³-hybridized carbons (Fsp3) is 0.0769. The monoisotopic (exact) mass is 551 g/mol. The molecule has 1 atom stereocenters. The molecule has 1 unspecified atom stereocenters. The van der Waals surface area contributed by atoms with E-state index < -0.39 is 11.9 Å². The highest BCUT2D eigenvalue weighted by molar-refractivity contribution is 6.32. The highest BCUT2D eigenvalue weighted by atomic mass is 35.5. The smallest absolute Gasteiger partial charge is 0.141 e. The van der Waals surface area contributed by atoms with E-state index in [2.05, 4.69) is 32.0 Å². The number of halogens is 4. The number of pyridine rings is 1. The van der Waals surface area contributed by atoms with Crippen molar-refractivity contribution >= 4 is 62.8 Å². The molecule has 184 valence electrons. The van der Waals surface area contributed by atoms with Gasteiger partial charge in [0.25, 0.3) is 0 Å². The number of nitrogens with one attached hydrogen (secondary N) is 2. The molecule has 0 radical (unpaired) electrons. The Bertz CT molecular complexity index is 1660. The van der Waals surface area contributed by atoms with Crippen LogP contribution in [0.2, 0.25) is 15.1 Å². The minimum Gasteiger partial charge on any atom is -0.371 e. The first kappa shape index (κ1) is 24.8. The van der Waals surface area contributed by atoms with Gasteiger partial charge >= 0.3 is 0 Å². The minimum absolute atomic E-state index is 0.0444. The first-order valence-corrected chi connectivity index (χ1v) is 12.1. The predicted molar refractivity (Wildman–Crippen MR) is 144 cm³/mol. The summed E-state index contributed by atoms with van der Waals surface area (Å²) in [5, 5.41) is 26.4. The maximum absolute atomic E-state index is 13.7. The summed E-state index contributed by atoms with van der Waals surface area (Å²) in [5.74, 6) is -0.543. The van der Waals surface area contributed by atoms with Gasteiger partial charge in [0.15, 0.2) is 0 Å². The van der Waals surface area contributed by atoms with Crippen molar-refractivity contribution in [2.45, 2.75) is 6.04 Å². The number of fused-ring (bicyclic) bond motifs is 1. The molecule has 5 rings (SSSR count). The number of hydrogen-bond donors (Lipinski definition) is 2. The Morgan fingerprint density at radius 3 is 2.49 bits per heavy atom. The van der Waals surface area contributed by atoms with Crippen molar-refractivity contribution < 1.29 is 4.39 Å². The summed E-state index contributed by atoms with van der Waals surface area (Å²) in [6.45, 7) is 0. The zero-order valence-electron chi connectivity index (χ0n) is 19.2. The quantitative estimate of drug-likeness (QED) is 0.230. The van der Waals surface area contributed by atoms with Gasteiger partial charge in [-0.1, -0.05) is 52.1 Å². The average molecular weight is 553 g/mol. The molecule has 2 heterocycles. The largest absolute Gasteiger partial charge is 0.371 e. The van der Waals surface area contributed by atoms with Crippen LogP contribution in [-0.4, -0.2) is 20.0 Å². The van der Waals surface area contributed by atoms with E-state index in [4.69, 9.17) is 34.8 Å². The first-order chi connectivity index (χ1) is 17.8. The summed E-state index contributed by atoms with van der Waals surface area (Å²) in [7, 11) is 1.79. The Hall–Kier alpha value is -3.90. The lowest BCUT2D eigenvalue weighted by molar-refractivity contribution is 0.628. The van der Waals surface area contributed by atoms with Crippen molar-refractivity contribution in [3.05, 3.63) is 105 Å². The molecular formula is C26H17Cl3FN7. The SMILES string of the molecule is Cn1cc(C(Nc2cc(Cl)cc3c(Nc4ccc(F)c(Cl)c4)c(C#N)cnc23)c2ccc(Cl)cc2)nn1. The van der Waals surface area contributed by atoms with Crippen molar-refractivity contribution in [1.82, 2.24) is 20.0 Å². The number of benzene rings is 3. The fourth-order valence-electron chi connectivity index (χ4n) is 3.95. The van der Waals surface area contributed by atoms with E-state index >= 15 is 0 Å². The molecule has 3 aromatic carbocycles. The Morgan fingerprint density at radius 2 is 1.81 bits per heavy atom. The molecule has 0 aliphatic heterocycles. The third-order valence-corrected chi connectivity index (χ3v) is 6.42. The molecular weight excluding hydrogens is 536 g/mol. The van der Waals surface area contributed by atoms with Gasteiger partial charge in [0.05, 0.1) is 39.7 Å². The molecule has 37 heavy (non-hydrogen) atoms. The molecule has 7 nitrogen and oxygen atoms in total. The fourth-order valence-corrected chi connectivity index (χ4v) is 4.48. The lowest BCUT2D eigenvalue weighted by Crippen LogP contribution is -2.14. The van der Waals surface area contributed by atoms with Gasteiger partial charge in [-0.25, -0.2) is 4.39 Å². The topological polar surface area (TPSA) is 91.5 Å². The average Bonchev–Trinajstić information content (AvgIpc) is 3.31. The summed E-state index contributed by atoms with van der Waals surface area (Å²) in [5.41, 5.74) is 3.98. The van der Waals surface area contributed by atoms with Crippen LogP contribution in [0.15, 0.2) is 67.0 Å². The van der Waals surface area contributed by atoms with Gasteiger partial charge in [-0.3, -0.25) is 9.67 Å². The maximum atomic E-state index is 13.7. The van der Waals surface area contributed by atoms with E-state index in [1.807, 2.05) is 18.3 Å². The number of rotatable bonds is 6. The molecule has 5 aromatic rings. The number of nitrogens with zero attached hydrogens (tertiary/aromatic N) is 5. The molecule has 0 spiro atoms. The van der Waals surface area contributed by atoms with Crippen molar-refractivity contribution in [3.8, 4) is 6.07 Å². The van der Waals surface area contributed by atoms with Gasteiger partial charge in [0.1, 0.15) is 17.6 Å². The zero-order valence-corrected chi connectivity index (χ0v) is 21.4. The maximum Gasteiger partial charge on any atom is 0.141 e. The number of hydrogen-bond acceptors (Lipinski definition) is 6. The van der Waals surface area contributed by atoms with Gasteiger partial charge in [0.2, 0.25) is 0 Å². The molecule has 0 saturated heterocycles. The highest BCUT2D eigenvalue weighted by Crippen LogP contribution is 2.37. The second kappa shape index (κ2) is 10.2. The van der Waals surface area contributed by atoms with Crippen LogP contribution in [0.25, 0.3) is 10.9 Å². The van der Waals surface area contributed by atoms with Gasteiger partial charge in [0, 0.05) is 34.4 Å². The molecule has 0 amide bonds.